The first-order valence-corrected chi connectivity index (χ1v) is 11.5. The second-order valence-electron chi connectivity index (χ2n) is 8.24. The number of carbonyl (C=O) groups is 1. The van der Waals surface area contributed by atoms with Crippen molar-refractivity contribution in [1.82, 2.24) is 0 Å². The van der Waals surface area contributed by atoms with Gasteiger partial charge in [-0.15, -0.1) is 11.3 Å². The summed E-state index contributed by atoms with van der Waals surface area (Å²) in [6.07, 6.45) is 5.25. The van der Waals surface area contributed by atoms with E-state index in [1.807, 2.05) is 18.2 Å². The fourth-order valence-electron chi connectivity index (χ4n) is 4.77. The summed E-state index contributed by atoms with van der Waals surface area (Å²) in [5.74, 6) is 0.361. The van der Waals surface area contributed by atoms with Gasteiger partial charge in [0.05, 0.1) is 12.7 Å². The van der Waals surface area contributed by atoms with E-state index in [1.165, 1.54) is 11.3 Å². The highest BCUT2D eigenvalue weighted by Crippen LogP contribution is 2.42. The standard InChI is InChI=1S/C23H29ClO4S/c1-14-9-21(26)20(7-5-15-10-16(13-25)12-17(24)11-15)19(14)4-2-3-18-6-8-22(29-18)23(27)28/h6,8,10-12,14,19-21,25-26H,2-5,7,9,13H2,1H3,(H,27,28)/t14?,19-,20?,21+/m0/s1. The third kappa shape index (κ3) is 5.82. The number of aliphatic hydroxyl groups excluding tert-OH is 2. The molecule has 6 heteroatoms. The molecule has 2 aromatic rings. The number of rotatable bonds is 9. The summed E-state index contributed by atoms with van der Waals surface area (Å²) in [4.78, 5) is 12.5. The molecule has 2 unspecified atom stereocenters. The van der Waals surface area contributed by atoms with Crippen molar-refractivity contribution in [2.75, 3.05) is 0 Å². The minimum Gasteiger partial charge on any atom is -0.477 e. The third-order valence-corrected chi connectivity index (χ3v) is 7.54. The first kappa shape index (κ1) is 22.3. The smallest absolute Gasteiger partial charge is 0.345 e. The topological polar surface area (TPSA) is 77.8 Å². The van der Waals surface area contributed by atoms with Crippen LogP contribution < -0.4 is 0 Å². The number of aryl methyl sites for hydroxylation is 2. The zero-order valence-corrected chi connectivity index (χ0v) is 18.3. The molecule has 29 heavy (non-hydrogen) atoms. The second-order valence-corrected chi connectivity index (χ2v) is 9.84. The molecular formula is C23H29ClO4S. The predicted octanol–water partition coefficient (Wildman–Crippen LogP) is 5.18. The molecule has 0 spiro atoms. The highest BCUT2D eigenvalue weighted by molar-refractivity contribution is 7.13. The van der Waals surface area contributed by atoms with Crippen molar-refractivity contribution >= 4 is 28.9 Å². The summed E-state index contributed by atoms with van der Waals surface area (Å²) >= 11 is 7.51. The molecule has 1 fully saturated rings. The molecule has 4 nitrogen and oxygen atoms in total. The summed E-state index contributed by atoms with van der Waals surface area (Å²) < 4.78 is 0. The Hall–Kier alpha value is -1.40. The molecule has 3 N–H and O–H groups in total. The van der Waals surface area contributed by atoms with Crippen molar-refractivity contribution in [3.63, 3.8) is 0 Å². The number of carboxylic acid groups (broad SMARTS) is 1. The van der Waals surface area contributed by atoms with Crippen molar-refractivity contribution in [3.8, 4) is 0 Å². The van der Waals surface area contributed by atoms with Crippen LogP contribution in [0.5, 0.6) is 0 Å². The zero-order valence-electron chi connectivity index (χ0n) is 16.7. The van der Waals surface area contributed by atoms with Gasteiger partial charge in [-0.1, -0.05) is 24.6 Å². The molecule has 0 amide bonds. The van der Waals surface area contributed by atoms with Crippen LogP contribution in [0.3, 0.4) is 0 Å². The molecule has 1 saturated carbocycles. The Labute approximate surface area is 181 Å². The summed E-state index contributed by atoms with van der Waals surface area (Å²) in [6.45, 7) is 2.20. The SMILES string of the molecule is CC1C[C@@H](O)C(CCc2cc(Cl)cc(CO)c2)[C@H]1CCCc1ccc(C(=O)O)s1. The number of halogens is 1. The summed E-state index contributed by atoms with van der Waals surface area (Å²) in [7, 11) is 0. The van der Waals surface area contributed by atoms with E-state index in [-0.39, 0.29) is 18.6 Å². The molecule has 158 valence electrons. The van der Waals surface area contributed by atoms with Crippen LogP contribution in [0.1, 0.15) is 58.3 Å². The van der Waals surface area contributed by atoms with Gasteiger partial charge in [0.15, 0.2) is 0 Å². The van der Waals surface area contributed by atoms with E-state index in [0.717, 1.165) is 54.5 Å². The number of aromatic carboxylic acids is 1. The largest absolute Gasteiger partial charge is 0.477 e. The first-order valence-electron chi connectivity index (χ1n) is 10.3. The lowest BCUT2D eigenvalue weighted by Gasteiger charge is -2.24. The molecule has 1 aromatic carbocycles. The van der Waals surface area contributed by atoms with E-state index in [0.29, 0.717) is 21.7 Å². The van der Waals surface area contributed by atoms with E-state index in [4.69, 9.17) is 16.7 Å². The van der Waals surface area contributed by atoms with Gasteiger partial charge in [-0.25, -0.2) is 4.79 Å². The predicted molar refractivity (Wildman–Crippen MR) is 117 cm³/mol. The molecule has 1 aliphatic carbocycles. The van der Waals surface area contributed by atoms with Crippen molar-refractivity contribution < 1.29 is 20.1 Å². The third-order valence-electron chi connectivity index (χ3n) is 6.19. The number of benzene rings is 1. The molecule has 1 aliphatic rings. The minimum absolute atomic E-state index is 0.0222. The lowest BCUT2D eigenvalue weighted by molar-refractivity contribution is 0.0702. The van der Waals surface area contributed by atoms with Gasteiger partial charge < -0.3 is 15.3 Å². The minimum atomic E-state index is -0.862. The Bertz CT molecular complexity index is 834. The van der Waals surface area contributed by atoms with Gasteiger partial charge in [-0.2, -0.15) is 0 Å². The normalized spacial score (nSPS) is 24.1. The Morgan fingerprint density at radius 3 is 2.59 bits per heavy atom. The van der Waals surface area contributed by atoms with Gasteiger partial charge >= 0.3 is 5.97 Å². The average Bonchev–Trinajstić information content (AvgIpc) is 3.25. The molecule has 0 bridgehead atoms. The molecule has 1 heterocycles. The monoisotopic (exact) mass is 436 g/mol. The molecule has 1 aromatic heterocycles. The maximum Gasteiger partial charge on any atom is 0.345 e. The van der Waals surface area contributed by atoms with E-state index in [1.54, 1.807) is 12.1 Å². The van der Waals surface area contributed by atoms with Gasteiger partial charge in [0.25, 0.3) is 0 Å². The second kappa shape index (κ2) is 10.1. The van der Waals surface area contributed by atoms with Crippen molar-refractivity contribution in [3.05, 3.63) is 56.2 Å². The van der Waals surface area contributed by atoms with Gasteiger partial charge in [-0.05, 0) is 91.7 Å². The van der Waals surface area contributed by atoms with Crippen LogP contribution in [-0.2, 0) is 19.4 Å². The number of aliphatic hydroxyl groups is 2. The summed E-state index contributed by atoms with van der Waals surface area (Å²) in [6, 6.07) is 9.30. The summed E-state index contributed by atoms with van der Waals surface area (Å²) in [5.41, 5.74) is 1.92. The first-order chi connectivity index (χ1) is 13.9. The van der Waals surface area contributed by atoms with Crippen LogP contribution in [0.2, 0.25) is 5.02 Å². The quantitative estimate of drug-likeness (QED) is 0.506. The zero-order chi connectivity index (χ0) is 21.0. The van der Waals surface area contributed by atoms with Crippen molar-refractivity contribution in [2.24, 2.45) is 17.8 Å². The maximum absolute atomic E-state index is 11.0. The van der Waals surface area contributed by atoms with Crippen LogP contribution in [0.15, 0.2) is 30.3 Å². The fraction of sp³-hybridized carbons (Fsp3) is 0.522. The van der Waals surface area contributed by atoms with Crippen LogP contribution in [0.25, 0.3) is 0 Å². The van der Waals surface area contributed by atoms with E-state index in [9.17, 15) is 15.0 Å². The molecular weight excluding hydrogens is 408 g/mol. The molecule has 4 atom stereocenters. The average molecular weight is 437 g/mol. The Morgan fingerprint density at radius 1 is 1.14 bits per heavy atom. The van der Waals surface area contributed by atoms with Crippen molar-refractivity contribution in [2.45, 2.75) is 58.2 Å². The Morgan fingerprint density at radius 2 is 1.90 bits per heavy atom. The maximum atomic E-state index is 11.0. The van der Waals surface area contributed by atoms with Gasteiger partial charge in [0, 0.05) is 9.90 Å². The van der Waals surface area contributed by atoms with Gasteiger partial charge in [0.2, 0.25) is 0 Å². The Kier molecular flexibility index (Phi) is 7.74. The van der Waals surface area contributed by atoms with Crippen LogP contribution in [0, 0.1) is 17.8 Å². The molecule has 0 radical (unpaired) electrons. The number of carboxylic acids is 1. The molecule has 3 rings (SSSR count). The van der Waals surface area contributed by atoms with Crippen LogP contribution >= 0.6 is 22.9 Å². The Balaban J connectivity index is 1.57. The number of thiophene rings is 1. The highest BCUT2D eigenvalue weighted by Gasteiger charge is 2.39. The van der Waals surface area contributed by atoms with Crippen molar-refractivity contribution in [1.29, 1.82) is 0 Å². The number of hydrogen-bond acceptors (Lipinski definition) is 4. The molecule has 0 saturated heterocycles. The van der Waals surface area contributed by atoms with Crippen LogP contribution in [0.4, 0.5) is 0 Å². The lowest BCUT2D eigenvalue weighted by Crippen LogP contribution is -2.21. The van der Waals surface area contributed by atoms with Gasteiger partial charge in [0.1, 0.15) is 4.88 Å². The van der Waals surface area contributed by atoms with E-state index in [2.05, 4.69) is 6.92 Å². The molecule has 0 aliphatic heterocycles. The van der Waals surface area contributed by atoms with E-state index >= 15 is 0 Å². The highest BCUT2D eigenvalue weighted by atomic mass is 35.5. The van der Waals surface area contributed by atoms with Gasteiger partial charge in [-0.3, -0.25) is 0 Å². The number of hydrogen-bond donors (Lipinski definition) is 3. The summed E-state index contributed by atoms with van der Waals surface area (Å²) in [5, 5.41) is 29.7. The van der Waals surface area contributed by atoms with E-state index < -0.39 is 5.97 Å². The van der Waals surface area contributed by atoms with Crippen LogP contribution in [-0.4, -0.2) is 27.4 Å². The lowest BCUT2D eigenvalue weighted by atomic mass is 9.82. The fourth-order valence-corrected chi connectivity index (χ4v) is 5.94.